The van der Waals surface area contributed by atoms with Crippen LogP contribution in [0.5, 0.6) is 0 Å². The van der Waals surface area contributed by atoms with Gasteiger partial charge >= 0.3 is 11.9 Å². The summed E-state index contributed by atoms with van der Waals surface area (Å²) in [6.07, 6.45) is 5.60. The van der Waals surface area contributed by atoms with Crippen molar-refractivity contribution in [3.8, 4) is 0 Å². The van der Waals surface area contributed by atoms with Gasteiger partial charge in [-0.3, -0.25) is 0 Å². The van der Waals surface area contributed by atoms with Crippen molar-refractivity contribution in [2.24, 2.45) is 0 Å². The lowest BCUT2D eigenvalue weighted by atomic mass is 10.1. The molecule has 128 valence electrons. The van der Waals surface area contributed by atoms with Crippen molar-refractivity contribution >= 4 is 11.9 Å². The average molecular weight is 330 g/mol. The Kier molecular flexibility index (Phi) is 7.08. The Morgan fingerprint density at radius 1 is 0.917 bits per heavy atom. The molecule has 2 aromatic rings. The van der Waals surface area contributed by atoms with Gasteiger partial charge < -0.3 is 13.9 Å². The van der Waals surface area contributed by atoms with Gasteiger partial charge in [0.15, 0.2) is 0 Å². The second kappa shape index (κ2) is 9.55. The zero-order valence-corrected chi connectivity index (χ0v) is 13.8. The molecule has 0 unspecified atom stereocenters. The van der Waals surface area contributed by atoms with Gasteiger partial charge in [0, 0.05) is 0 Å². The summed E-state index contributed by atoms with van der Waals surface area (Å²) in [5, 5.41) is 0. The number of rotatable bonds is 9. The zero-order valence-electron chi connectivity index (χ0n) is 13.8. The van der Waals surface area contributed by atoms with E-state index in [0.29, 0.717) is 12.4 Å². The van der Waals surface area contributed by atoms with Crippen LogP contribution in [0.25, 0.3) is 0 Å². The van der Waals surface area contributed by atoms with Crippen molar-refractivity contribution in [1.29, 1.82) is 0 Å². The SMILES string of the molecule is CCCCCCOC(=O)c1ccccc1C(=O)OCc1ccco1. The van der Waals surface area contributed by atoms with Gasteiger partial charge in [-0.25, -0.2) is 9.59 Å². The minimum absolute atomic E-state index is 0.0201. The van der Waals surface area contributed by atoms with E-state index in [4.69, 9.17) is 13.9 Å². The molecule has 0 atom stereocenters. The molecule has 0 saturated heterocycles. The highest BCUT2D eigenvalue weighted by Gasteiger charge is 2.19. The van der Waals surface area contributed by atoms with E-state index in [2.05, 4.69) is 6.92 Å². The second-order valence-electron chi connectivity index (χ2n) is 5.40. The summed E-state index contributed by atoms with van der Waals surface area (Å²) >= 11 is 0. The maximum absolute atomic E-state index is 12.2. The van der Waals surface area contributed by atoms with E-state index < -0.39 is 11.9 Å². The molecule has 1 heterocycles. The highest BCUT2D eigenvalue weighted by Crippen LogP contribution is 2.14. The molecule has 0 aliphatic carbocycles. The third-order valence-electron chi connectivity index (χ3n) is 3.52. The van der Waals surface area contributed by atoms with Crippen LogP contribution in [-0.4, -0.2) is 18.5 Å². The number of hydrogen-bond acceptors (Lipinski definition) is 5. The van der Waals surface area contributed by atoms with Crippen LogP contribution < -0.4 is 0 Å². The molecule has 0 amide bonds. The fourth-order valence-electron chi connectivity index (χ4n) is 2.22. The number of carbonyl (C=O) groups excluding carboxylic acids is 2. The molecule has 0 spiro atoms. The predicted octanol–water partition coefficient (Wildman–Crippen LogP) is 4.37. The molecule has 0 radical (unpaired) electrons. The highest BCUT2D eigenvalue weighted by molar-refractivity contribution is 6.03. The van der Waals surface area contributed by atoms with Gasteiger partial charge in [-0.15, -0.1) is 0 Å². The Bertz CT molecular complexity index is 646. The molecule has 2 rings (SSSR count). The average Bonchev–Trinajstić information content (AvgIpc) is 3.13. The number of hydrogen-bond donors (Lipinski definition) is 0. The molecule has 1 aromatic carbocycles. The lowest BCUT2D eigenvalue weighted by molar-refractivity contribution is 0.0418. The molecule has 0 N–H and O–H groups in total. The Morgan fingerprint density at radius 3 is 2.25 bits per heavy atom. The lowest BCUT2D eigenvalue weighted by Crippen LogP contribution is -2.14. The molecule has 1 aromatic heterocycles. The quantitative estimate of drug-likeness (QED) is 0.504. The second-order valence-corrected chi connectivity index (χ2v) is 5.40. The Labute approximate surface area is 141 Å². The summed E-state index contributed by atoms with van der Waals surface area (Å²) in [7, 11) is 0. The molecule has 5 nitrogen and oxygen atoms in total. The van der Waals surface area contributed by atoms with Gasteiger partial charge in [0.05, 0.1) is 24.0 Å². The van der Waals surface area contributed by atoms with Crippen LogP contribution in [0.15, 0.2) is 47.1 Å². The van der Waals surface area contributed by atoms with Crippen LogP contribution in [-0.2, 0) is 16.1 Å². The van der Waals surface area contributed by atoms with Crippen molar-refractivity contribution in [1.82, 2.24) is 0 Å². The van der Waals surface area contributed by atoms with E-state index in [0.717, 1.165) is 25.7 Å². The van der Waals surface area contributed by atoms with Crippen LogP contribution in [0.2, 0.25) is 0 Å². The van der Waals surface area contributed by atoms with Gasteiger partial charge in [-0.2, -0.15) is 0 Å². The first-order valence-corrected chi connectivity index (χ1v) is 8.18. The fraction of sp³-hybridized carbons (Fsp3) is 0.368. The van der Waals surface area contributed by atoms with E-state index in [9.17, 15) is 9.59 Å². The molecule has 5 heteroatoms. The molecule has 0 aliphatic heterocycles. The Hall–Kier alpha value is -2.56. The summed E-state index contributed by atoms with van der Waals surface area (Å²) in [6, 6.07) is 9.92. The van der Waals surface area contributed by atoms with Gasteiger partial charge in [0.2, 0.25) is 0 Å². The summed E-state index contributed by atoms with van der Waals surface area (Å²) in [6.45, 7) is 2.50. The minimum Gasteiger partial charge on any atom is -0.466 e. The van der Waals surface area contributed by atoms with E-state index in [1.54, 1.807) is 36.4 Å². The van der Waals surface area contributed by atoms with Crippen LogP contribution in [0.4, 0.5) is 0 Å². The largest absolute Gasteiger partial charge is 0.466 e. The number of esters is 2. The third-order valence-corrected chi connectivity index (χ3v) is 3.52. The number of unbranched alkanes of at least 4 members (excludes halogenated alkanes) is 3. The smallest absolute Gasteiger partial charge is 0.339 e. The van der Waals surface area contributed by atoms with E-state index in [1.165, 1.54) is 6.26 Å². The summed E-state index contributed by atoms with van der Waals surface area (Å²) < 4.78 is 15.5. The summed E-state index contributed by atoms with van der Waals surface area (Å²) in [5.41, 5.74) is 0.417. The molecule has 0 aliphatic rings. The van der Waals surface area contributed by atoms with E-state index in [1.807, 2.05) is 0 Å². The maximum atomic E-state index is 12.2. The van der Waals surface area contributed by atoms with Crippen LogP contribution in [0, 0.1) is 0 Å². The van der Waals surface area contributed by atoms with Crippen molar-refractivity contribution in [3.63, 3.8) is 0 Å². The third kappa shape index (κ3) is 5.26. The van der Waals surface area contributed by atoms with Gasteiger partial charge in [0.1, 0.15) is 12.4 Å². The van der Waals surface area contributed by atoms with Gasteiger partial charge in [-0.05, 0) is 30.7 Å². The summed E-state index contributed by atoms with van der Waals surface area (Å²) in [4.78, 5) is 24.4. The Balaban J connectivity index is 1.93. The molecular weight excluding hydrogens is 308 g/mol. The van der Waals surface area contributed by atoms with Crippen molar-refractivity contribution in [3.05, 3.63) is 59.5 Å². The van der Waals surface area contributed by atoms with Gasteiger partial charge in [-0.1, -0.05) is 38.3 Å². The van der Waals surface area contributed by atoms with Crippen molar-refractivity contribution in [2.45, 2.75) is 39.2 Å². The normalized spacial score (nSPS) is 10.4. The molecule has 0 fully saturated rings. The highest BCUT2D eigenvalue weighted by atomic mass is 16.5. The van der Waals surface area contributed by atoms with Crippen LogP contribution in [0.1, 0.15) is 59.1 Å². The first kappa shape index (κ1) is 17.8. The minimum atomic E-state index is -0.579. The van der Waals surface area contributed by atoms with E-state index >= 15 is 0 Å². The monoisotopic (exact) mass is 330 g/mol. The number of benzene rings is 1. The first-order valence-electron chi connectivity index (χ1n) is 8.18. The van der Waals surface area contributed by atoms with Crippen molar-refractivity contribution < 1.29 is 23.5 Å². The lowest BCUT2D eigenvalue weighted by Gasteiger charge is -2.09. The van der Waals surface area contributed by atoms with E-state index in [-0.39, 0.29) is 17.7 Å². The number of ether oxygens (including phenoxy) is 2. The number of carbonyl (C=O) groups is 2. The molecule has 0 bridgehead atoms. The molecular formula is C19H22O5. The Morgan fingerprint density at radius 2 is 1.62 bits per heavy atom. The van der Waals surface area contributed by atoms with Crippen LogP contribution in [0.3, 0.4) is 0 Å². The van der Waals surface area contributed by atoms with Crippen LogP contribution >= 0.6 is 0 Å². The first-order chi connectivity index (χ1) is 11.7. The standard InChI is InChI=1S/C19H22O5/c1-2-3-4-7-12-23-18(20)16-10-5-6-11-17(16)19(21)24-14-15-9-8-13-22-15/h5-6,8-11,13H,2-4,7,12,14H2,1H3. The predicted molar refractivity (Wildman–Crippen MR) is 88.7 cm³/mol. The fourth-order valence-corrected chi connectivity index (χ4v) is 2.22. The maximum Gasteiger partial charge on any atom is 0.339 e. The van der Waals surface area contributed by atoms with Crippen molar-refractivity contribution in [2.75, 3.05) is 6.61 Å². The molecule has 24 heavy (non-hydrogen) atoms. The summed E-state index contributed by atoms with van der Waals surface area (Å²) in [5.74, 6) is -0.540. The molecule has 0 saturated carbocycles. The number of furan rings is 1. The topological polar surface area (TPSA) is 65.7 Å². The van der Waals surface area contributed by atoms with Gasteiger partial charge in [0.25, 0.3) is 0 Å². The zero-order chi connectivity index (χ0) is 17.2.